The molecule has 0 spiro atoms. The van der Waals surface area contributed by atoms with Crippen LogP contribution in [-0.4, -0.2) is 336 Å². The number of unbranched alkanes of at least 4 members (excludes halogenated alkanes) is 3. The average Bonchev–Trinajstić information content (AvgIpc) is 1.53. The van der Waals surface area contributed by atoms with Crippen LogP contribution in [0.15, 0.2) is 53.3 Å². The van der Waals surface area contributed by atoms with Crippen molar-refractivity contribution in [3.63, 3.8) is 0 Å². The number of nitrogens with one attached hydrogen (secondary N) is 5. The van der Waals surface area contributed by atoms with Gasteiger partial charge in [-0.05, 0) is 105 Å². The fraction of sp³-hybridized carbons (Fsp3) is 0.529. The number of rotatable bonds is 41. The first-order valence-corrected chi connectivity index (χ1v) is 41.3. The number of ether oxygens (including phenoxy) is 2. The van der Waals surface area contributed by atoms with Crippen LogP contribution >= 0.6 is 0 Å². The second-order valence-corrected chi connectivity index (χ2v) is 32.6. The molecule has 5 heterocycles. The minimum absolute atomic E-state index is 0.0158. The Labute approximate surface area is 727 Å². The van der Waals surface area contributed by atoms with Crippen molar-refractivity contribution >= 4 is 123 Å². The minimum Gasteiger partial charge on any atom is -0.458 e. The molecule has 0 saturated heterocycles. The van der Waals surface area contributed by atoms with Gasteiger partial charge in [-0.3, -0.25) is 86.4 Å². The predicted molar refractivity (Wildman–Crippen MR) is 451 cm³/mol. The van der Waals surface area contributed by atoms with E-state index >= 15 is 4.39 Å². The summed E-state index contributed by atoms with van der Waals surface area (Å²) in [7, 11) is 13.3. The van der Waals surface area contributed by atoms with Gasteiger partial charge < -0.3 is 94.7 Å². The first-order chi connectivity index (χ1) is 59.3. The second kappa shape index (κ2) is 43.5. The molecule has 1 aliphatic carbocycles. The monoisotopic (exact) mass is 1760 g/mol. The van der Waals surface area contributed by atoms with Crippen molar-refractivity contribution < 1.29 is 105 Å². The minimum atomic E-state index is -2.09. The van der Waals surface area contributed by atoms with E-state index in [2.05, 4.69) is 26.6 Å². The number of likely N-dealkylation sites (N-methyl/N-ethyl adjacent to an activating group) is 10. The van der Waals surface area contributed by atoms with Crippen molar-refractivity contribution in [3.05, 3.63) is 104 Å². The van der Waals surface area contributed by atoms with Crippen LogP contribution in [0.2, 0.25) is 0 Å². The first kappa shape index (κ1) is 98.3. The third-order valence-corrected chi connectivity index (χ3v) is 22.7. The van der Waals surface area contributed by atoms with Gasteiger partial charge in [0.1, 0.15) is 31.1 Å². The maximum absolute atomic E-state index is 15.6. The molecule has 126 heavy (non-hydrogen) atoms. The Bertz CT molecular complexity index is 5020. The molecule has 4 aromatic rings. The number of hydrogen-bond donors (Lipinski definition) is 6. The van der Waals surface area contributed by atoms with Gasteiger partial charge in [0.05, 0.1) is 101 Å². The number of aliphatic hydroxyl groups is 1. The number of nitrogens with zero attached hydrogens (tertiary/aromatic N) is 13. The highest BCUT2D eigenvalue weighted by molar-refractivity contribution is 6.13. The third kappa shape index (κ3) is 24.9. The van der Waals surface area contributed by atoms with Crippen LogP contribution in [0.1, 0.15) is 130 Å². The van der Waals surface area contributed by atoms with Crippen molar-refractivity contribution in [1.29, 1.82) is 0 Å². The molecule has 4 aliphatic rings. The molecule has 3 aliphatic heterocycles. The summed E-state index contributed by atoms with van der Waals surface area (Å²) >= 11 is 0. The number of esters is 1. The van der Waals surface area contributed by atoms with Crippen LogP contribution < -0.4 is 32.1 Å². The smallest absolute Gasteiger partial charge is 0.407 e. The molecule has 6 N–H and O–H groups in total. The van der Waals surface area contributed by atoms with Crippen molar-refractivity contribution in [1.82, 2.24) is 84.7 Å². The summed E-state index contributed by atoms with van der Waals surface area (Å²) in [6.45, 7) is 3.05. The van der Waals surface area contributed by atoms with E-state index in [4.69, 9.17) is 14.5 Å². The van der Waals surface area contributed by atoms with Crippen LogP contribution in [0, 0.1) is 18.7 Å². The summed E-state index contributed by atoms with van der Waals surface area (Å²) in [6, 6.07) is 6.16. The number of anilines is 1. The summed E-state index contributed by atoms with van der Waals surface area (Å²) in [5, 5.41) is 26.2. The lowest BCUT2D eigenvalue weighted by Crippen LogP contribution is -2.54. The van der Waals surface area contributed by atoms with E-state index < -0.39 is 194 Å². The van der Waals surface area contributed by atoms with Gasteiger partial charge in [0.15, 0.2) is 5.60 Å². The summed E-state index contributed by atoms with van der Waals surface area (Å²) in [4.78, 5) is 266. The summed E-state index contributed by atoms with van der Waals surface area (Å²) in [5.74, 6) is -11.1. The lowest BCUT2D eigenvalue weighted by molar-refractivity contribution is -0.172. The highest BCUT2D eigenvalue weighted by Gasteiger charge is 2.47. The highest BCUT2D eigenvalue weighted by atomic mass is 19.1. The van der Waals surface area contributed by atoms with E-state index in [-0.39, 0.29) is 106 Å². The molecule has 682 valence electrons. The molecule has 2 aromatic carbocycles. The van der Waals surface area contributed by atoms with E-state index in [1.54, 1.807) is 58.0 Å². The lowest BCUT2D eigenvalue weighted by atomic mass is 9.81. The van der Waals surface area contributed by atoms with Crippen molar-refractivity contribution in [3.8, 4) is 11.4 Å². The van der Waals surface area contributed by atoms with E-state index in [1.807, 2.05) is 0 Å². The Morgan fingerprint density at radius 1 is 0.603 bits per heavy atom. The fourth-order valence-corrected chi connectivity index (χ4v) is 14.4. The Kier molecular flexibility index (Phi) is 33.9. The molecule has 0 saturated carbocycles. The molecule has 0 bridgehead atoms. The molecular weight excluding hydrogens is 1640 g/mol. The largest absolute Gasteiger partial charge is 0.458 e. The number of imide groups is 1. The van der Waals surface area contributed by atoms with E-state index in [0.717, 1.165) is 49.0 Å². The number of fused-ring (bicyclic) bond motifs is 5. The Balaban J connectivity index is 0.792. The maximum atomic E-state index is 15.6. The molecule has 8 rings (SSSR count). The number of halogens is 1. The van der Waals surface area contributed by atoms with E-state index in [1.165, 1.54) is 105 Å². The van der Waals surface area contributed by atoms with Crippen LogP contribution in [0.3, 0.4) is 0 Å². The van der Waals surface area contributed by atoms with Crippen LogP contribution in [-0.2, 0) is 123 Å². The molecule has 40 nitrogen and oxygen atoms in total. The summed E-state index contributed by atoms with van der Waals surface area (Å²) in [6.07, 6.45) is 4.04. The number of cyclic esters (lactones) is 1. The van der Waals surface area contributed by atoms with Crippen LogP contribution in [0.25, 0.3) is 22.3 Å². The highest BCUT2D eigenvalue weighted by Crippen LogP contribution is 2.46. The quantitative estimate of drug-likeness (QED) is 0.0161. The topological polar surface area (TPSA) is 477 Å². The molecular formula is C85H113FN18O22. The molecule has 41 heteroatoms. The van der Waals surface area contributed by atoms with E-state index in [9.17, 15) is 96.2 Å². The van der Waals surface area contributed by atoms with Gasteiger partial charge in [-0.2, -0.15) is 0 Å². The van der Waals surface area contributed by atoms with Crippen molar-refractivity contribution in [2.45, 2.75) is 142 Å². The summed E-state index contributed by atoms with van der Waals surface area (Å²) < 4.78 is 28.1. The van der Waals surface area contributed by atoms with Gasteiger partial charge in [-0.25, -0.2) is 19.0 Å². The molecule has 2 aromatic heterocycles. The van der Waals surface area contributed by atoms with Gasteiger partial charge in [-0.1, -0.05) is 39.3 Å². The van der Waals surface area contributed by atoms with Crippen molar-refractivity contribution in [2.24, 2.45) is 5.92 Å². The SMILES string of the molecule is CC[C@@]1(O)C(=O)OCc2c1cc1n(c2=O)Cc2c-1nc1cc(F)c(C)c3c1c2[C@@H](NC(=O)OCc1ccc(NC(=O)[C@H](CCCCNC(=O)CN(C)C(=O)CN(C)C(=O)CN(C)C(=O)CN(C)C(=O)CN(C)C(=O)CN(C)C(=O)CN(C)C(=O)CN(C)C(=O)CN(C)C(=O)CN(C)C(C)=O)NC(=O)[C@@H](NC(=O)CCCCCN2C(=O)C=CC2=O)C(C)C)cc1)CC3. The van der Waals surface area contributed by atoms with Crippen molar-refractivity contribution in [2.75, 3.05) is 154 Å². The van der Waals surface area contributed by atoms with Gasteiger partial charge in [-0.15, -0.1) is 0 Å². The molecule has 4 atom stereocenters. The number of aromatic nitrogens is 2. The number of alkyl carbamates (subject to hydrolysis) is 1. The lowest BCUT2D eigenvalue weighted by Gasteiger charge is -2.31. The number of carbonyl (C=O) groups is 18. The van der Waals surface area contributed by atoms with Gasteiger partial charge in [0, 0.05) is 137 Å². The van der Waals surface area contributed by atoms with Gasteiger partial charge in [0.25, 0.3) is 17.4 Å². The number of hydrogen-bond acceptors (Lipinski definition) is 23. The standard InChI is InChI=1S/C85H113FN18O22/c1-16-85(124)57-34-62-79-55(36-104(62)82(121)56(57)48-125-83(85)122)77-59(29-28-54-50(4)58(86)35-61(89-79)76(54)77)91-84(123)126-47-52-24-26-53(27-25-52)88-80(119)60(90-81(120)78(49(2)3)92-63(106)23-18-17-21-33-103-65(108)30-31-66(103)109)22-19-20-32-87-64(107)37-94(7)68(111)39-96(9)70(113)41-98(11)72(115)43-100(13)74(117)45-102(15)75(118)46-101(14)73(116)44-99(12)71(114)42-97(10)69(112)40-95(8)67(110)38-93(6)51(5)105/h24-27,30-31,34-35,49,59-60,78,124H,16-23,28-29,32-33,36-48H2,1-15H3,(H,87,107)(H,88,119)(H,90,120)(H,91,123)(H,92,106)/t59-,60-,78-,85-/m0/s1. The second-order valence-electron chi connectivity index (χ2n) is 32.6. The average molecular weight is 1760 g/mol. The molecule has 0 radical (unpaired) electrons. The zero-order valence-corrected chi connectivity index (χ0v) is 73.8. The third-order valence-electron chi connectivity index (χ3n) is 22.7. The Hall–Kier alpha value is -13.1. The van der Waals surface area contributed by atoms with Crippen LogP contribution in [0.4, 0.5) is 14.9 Å². The molecule has 17 amide bonds. The Morgan fingerprint density at radius 2 is 1.10 bits per heavy atom. The molecule has 0 fully saturated rings. The number of carbonyl (C=O) groups excluding carboxylic acids is 18. The number of aryl methyl sites for hydroxylation is 1. The predicted octanol–water partition coefficient (Wildman–Crippen LogP) is -0.619. The van der Waals surface area contributed by atoms with Gasteiger partial charge >= 0.3 is 12.1 Å². The van der Waals surface area contributed by atoms with E-state index in [0.29, 0.717) is 76.7 Å². The molecule has 0 unspecified atom stereocenters. The number of pyridine rings is 2. The van der Waals surface area contributed by atoms with Gasteiger partial charge in [0.2, 0.25) is 82.7 Å². The maximum Gasteiger partial charge on any atom is 0.407 e. The number of amides is 17. The zero-order valence-electron chi connectivity index (χ0n) is 73.8. The first-order valence-electron chi connectivity index (χ1n) is 41.3. The zero-order chi connectivity index (χ0) is 93.2. The summed E-state index contributed by atoms with van der Waals surface area (Å²) in [5.41, 5.74) is 1.64. The fourth-order valence-electron chi connectivity index (χ4n) is 14.4. The normalized spacial score (nSPS) is 15.0. The van der Waals surface area contributed by atoms with Crippen LogP contribution in [0.5, 0.6) is 0 Å². The Morgan fingerprint density at radius 3 is 1.58 bits per heavy atom. The number of benzene rings is 2.